The molecule has 6 nitrogen and oxygen atoms in total. The zero-order valence-corrected chi connectivity index (χ0v) is 18.5. The third-order valence-electron chi connectivity index (χ3n) is 5.69. The van der Waals surface area contributed by atoms with E-state index in [1.54, 1.807) is 0 Å². The molecule has 158 valence electrons. The Hall–Kier alpha value is -0.660. The van der Waals surface area contributed by atoms with Crippen LogP contribution in [0.15, 0.2) is 4.99 Å². The number of ether oxygens (including phenoxy) is 1. The smallest absolute Gasteiger partial charge is 0.191 e. The number of hydrogen-bond acceptors (Lipinski definition) is 4. The Labute approximate surface area is 168 Å². The Bertz CT molecular complexity index is 481. The lowest BCUT2D eigenvalue weighted by Gasteiger charge is -2.36. The molecule has 4 atom stereocenters. The van der Waals surface area contributed by atoms with Gasteiger partial charge in [-0.15, -0.1) is 0 Å². The summed E-state index contributed by atoms with van der Waals surface area (Å²) in [6.45, 7) is 14.0. The van der Waals surface area contributed by atoms with Crippen molar-refractivity contribution in [2.75, 3.05) is 45.1 Å². The van der Waals surface area contributed by atoms with E-state index in [0.717, 1.165) is 76.8 Å². The second-order valence-electron chi connectivity index (χ2n) is 7.98. The van der Waals surface area contributed by atoms with Gasteiger partial charge in [-0.2, -0.15) is 0 Å². The molecule has 0 aromatic carbocycles. The van der Waals surface area contributed by atoms with Gasteiger partial charge >= 0.3 is 0 Å². The summed E-state index contributed by atoms with van der Waals surface area (Å²) in [5.74, 6) is 2.23. The number of aliphatic imine (C=N–C) groups is 1. The molecule has 1 saturated heterocycles. The van der Waals surface area contributed by atoms with Gasteiger partial charge in [-0.25, -0.2) is 0 Å². The average molecular weight is 401 g/mol. The maximum absolute atomic E-state index is 12.2. The largest absolute Gasteiger partial charge is 0.379 e. The van der Waals surface area contributed by atoms with Crippen LogP contribution < -0.4 is 10.6 Å². The third kappa shape index (κ3) is 7.35. The summed E-state index contributed by atoms with van der Waals surface area (Å²) in [4.78, 5) is 7.45. The van der Waals surface area contributed by atoms with Gasteiger partial charge in [0.15, 0.2) is 5.96 Å². The number of morpholine rings is 1. The van der Waals surface area contributed by atoms with E-state index in [2.05, 4.69) is 36.3 Å². The molecule has 0 radical (unpaired) electrons. The van der Waals surface area contributed by atoms with Crippen molar-refractivity contribution in [2.24, 2.45) is 10.9 Å². The van der Waals surface area contributed by atoms with Crippen molar-refractivity contribution in [2.45, 2.75) is 70.7 Å². The maximum Gasteiger partial charge on any atom is 0.191 e. The summed E-state index contributed by atoms with van der Waals surface area (Å²) in [5.41, 5.74) is 0. The first kappa shape index (κ1) is 22.6. The van der Waals surface area contributed by atoms with Crippen molar-refractivity contribution < 1.29 is 8.95 Å². The molecule has 1 heterocycles. The van der Waals surface area contributed by atoms with Crippen molar-refractivity contribution in [3.05, 3.63) is 0 Å². The van der Waals surface area contributed by atoms with Crippen molar-refractivity contribution in [3.63, 3.8) is 0 Å². The first-order valence-electron chi connectivity index (χ1n) is 10.8. The van der Waals surface area contributed by atoms with Gasteiger partial charge in [0.2, 0.25) is 0 Å². The molecule has 0 aromatic rings. The summed E-state index contributed by atoms with van der Waals surface area (Å²) in [5, 5.41) is 7.36. The SMILES string of the molecule is CCNC(=NCC(C(C)C)N1CCOCC1)NC1CCCC(S(=O)CC)C1. The van der Waals surface area contributed by atoms with Crippen LogP contribution in [0.5, 0.6) is 0 Å². The zero-order valence-electron chi connectivity index (χ0n) is 17.7. The van der Waals surface area contributed by atoms with Gasteiger partial charge in [0.1, 0.15) is 0 Å². The van der Waals surface area contributed by atoms with E-state index >= 15 is 0 Å². The Morgan fingerprint density at radius 3 is 2.63 bits per heavy atom. The fourth-order valence-corrected chi connectivity index (χ4v) is 5.45. The van der Waals surface area contributed by atoms with Crippen LogP contribution in [-0.2, 0) is 15.5 Å². The zero-order chi connectivity index (χ0) is 19.6. The Balaban J connectivity index is 1.96. The highest BCUT2D eigenvalue weighted by atomic mass is 32.2. The van der Waals surface area contributed by atoms with Crippen LogP contribution in [-0.4, -0.2) is 77.5 Å². The van der Waals surface area contributed by atoms with E-state index in [1.807, 2.05) is 6.92 Å². The van der Waals surface area contributed by atoms with Crippen LogP contribution in [0.3, 0.4) is 0 Å². The highest BCUT2D eigenvalue weighted by Gasteiger charge is 2.27. The molecule has 2 aliphatic rings. The van der Waals surface area contributed by atoms with Gasteiger partial charge in [-0.05, 0) is 32.1 Å². The molecule has 2 rings (SSSR count). The molecule has 27 heavy (non-hydrogen) atoms. The Morgan fingerprint density at radius 1 is 1.26 bits per heavy atom. The molecular formula is C20H40N4O2S. The van der Waals surface area contributed by atoms with Gasteiger partial charge in [0, 0.05) is 53.5 Å². The predicted octanol–water partition coefficient (Wildman–Crippen LogP) is 1.98. The fourth-order valence-electron chi connectivity index (χ4n) is 4.11. The molecule has 4 unspecified atom stereocenters. The summed E-state index contributed by atoms with van der Waals surface area (Å²) in [6, 6.07) is 0.814. The number of rotatable bonds is 8. The van der Waals surface area contributed by atoms with Crippen molar-refractivity contribution in [1.82, 2.24) is 15.5 Å². The molecule has 2 fully saturated rings. The van der Waals surface area contributed by atoms with Gasteiger partial charge in [-0.1, -0.05) is 27.2 Å². The first-order valence-corrected chi connectivity index (χ1v) is 12.2. The monoisotopic (exact) mass is 400 g/mol. The van der Waals surface area contributed by atoms with Gasteiger partial charge < -0.3 is 15.4 Å². The standard InChI is InChI=1S/C20H40N4O2S/c1-5-21-20(23-17-8-7-9-18(14-17)27(25)6-2)22-15-19(16(3)4)24-10-12-26-13-11-24/h16-19H,5-15H2,1-4H3,(H2,21,22,23). The van der Waals surface area contributed by atoms with Gasteiger partial charge in [0.05, 0.1) is 19.8 Å². The Morgan fingerprint density at radius 2 is 2.00 bits per heavy atom. The van der Waals surface area contributed by atoms with Crippen LogP contribution in [0.25, 0.3) is 0 Å². The minimum absolute atomic E-state index is 0.334. The number of nitrogens with zero attached hydrogens (tertiary/aromatic N) is 2. The highest BCUT2D eigenvalue weighted by Crippen LogP contribution is 2.23. The lowest BCUT2D eigenvalue weighted by Crippen LogP contribution is -2.49. The molecule has 7 heteroatoms. The van der Waals surface area contributed by atoms with Crippen LogP contribution in [0.4, 0.5) is 0 Å². The van der Waals surface area contributed by atoms with E-state index in [-0.39, 0.29) is 0 Å². The molecule has 0 bridgehead atoms. The van der Waals surface area contributed by atoms with Crippen LogP contribution >= 0.6 is 0 Å². The molecule has 1 saturated carbocycles. The van der Waals surface area contributed by atoms with Crippen molar-refractivity contribution in [3.8, 4) is 0 Å². The second kappa shape index (κ2) is 12.0. The number of guanidine groups is 1. The van der Waals surface area contributed by atoms with Gasteiger partial charge in [-0.3, -0.25) is 14.1 Å². The fraction of sp³-hybridized carbons (Fsp3) is 0.950. The maximum atomic E-state index is 12.2. The minimum atomic E-state index is -0.692. The molecule has 1 aliphatic heterocycles. The molecule has 1 aliphatic carbocycles. The summed E-state index contributed by atoms with van der Waals surface area (Å²) in [7, 11) is -0.692. The average Bonchev–Trinajstić information content (AvgIpc) is 2.68. The highest BCUT2D eigenvalue weighted by molar-refractivity contribution is 7.85. The second-order valence-corrected chi connectivity index (χ2v) is 9.98. The molecule has 0 aromatic heterocycles. The topological polar surface area (TPSA) is 66.0 Å². The molecule has 2 N–H and O–H groups in total. The molecule has 0 amide bonds. The number of nitrogens with one attached hydrogen (secondary N) is 2. The van der Waals surface area contributed by atoms with Gasteiger partial charge in [0.25, 0.3) is 0 Å². The summed E-state index contributed by atoms with van der Waals surface area (Å²) >= 11 is 0. The summed E-state index contributed by atoms with van der Waals surface area (Å²) < 4.78 is 17.7. The molecule has 0 spiro atoms. The lowest BCUT2D eigenvalue weighted by atomic mass is 9.95. The van der Waals surface area contributed by atoms with Crippen LogP contribution in [0.2, 0.25) is 0 Å². The quantitative estimate of drug-likeness (QED) is 0.482. The third-order valence-corrected chi connectivity index (χ3v) is 7.43. The van der Waals surface area contributed by atoms with Crippen molar-refractivity contribution >= 4 is 16.8 Å². The van der Waals surface area contributed by atoms with E-state index in [1.165, 1.54) is 0 Å². The van der Waals surface area contributed by atoms with Crippen LogP contribution in [0.1, 0.15) is 53.4 Å². The molecular weight excluding hydrogens is 360 g/mol. The minimum Gasteiger partial charge on any atom is -0.379 e. The van der Waals surface area contributed by atoms with E-state index in [0.29, 0.717) is 23.3 Å². The van der Waals surface area contributed by atoms with E-state index in [4.69, 9.17) is 9.73 Å². The number of hydrogen-bond donors (Lipinski definition) is 2. The van der Waals surface area contributed by atoms with E-state index in [9.17, 15) is 4.21 Å². The van der Waals surface area contributed by atoms with E-state index < -0.39 is 10.8 Å². The van der Waals surface area contributed by atoms with Crippen LogP contribution in [0, 0.1) is 5.92 Å². The summed E-state index contributed by atoms with van der Waals surface area (Å²) in [6.07, 6.45) is 4.37. The normalized spacial score (nSPS) is 27.4. The predicted molar refractivity (Wildman–Crippen MR) is 115 cm³/mol. The lowest BCUT2D eigenvalue weighted by molar-refractivity contribution is 0.00867. The first-order chi connectivity index (χ1) is 13.0. The van der Waals surface area contributed by atoms with Crippen molar-refractivity contribution in [1.29, 1.82) is 0 Å². The Kier molecular flexibility index (Phi) is 10.1.